The predicted molar refractivity (Wildman–Crippen MR) is 110 cm³/mol. The fourth-order valence-corrected chi connectivity index (χ4v) is 3.37. The van der Waals surface area contributed by atoms with E-state index in [-0.39, 0.29) is 23.3 Å². The summed E-state index contributed by atoms with van der Waals surface area (Å²) < 4.78 is 5.96. The van der Waals surface area contributed by atoms with Crippen LogP contribution in [-0.4, -0.2) is 46.0 Å². The maximum atomic E-state index is 12.8. The number of carbonyl (C=O) groups excluding carboxylic acids is 2. The number of nitrogens with zero attached hydrogens (tertiary/aromatic N) is 1. The van der Waals surface area contributed by atoms with E-state index in [2.05, 4.69) is 5.32 Å². The lowest BCUT2D eigenvalue weighted by Crippen LogP contribution is -2.41. The van der Waals surface area contributed by atoms with E-state index in [0.717, 1.165) is 19.3 Å². The molecule has 0 radical (unpaired) electrons. The van der Waals surface area contributed by atoms with Gasteiger partial charge < -0.3 is 25.2 Å². The smallest absolute Gasteiger partial charge is 0.394 e. The van der Waals surface area contributed by atoms with Crippen molar-refractivity contribution in [3.05, 3.63) is 47.0 Å². The maximum absolute atomic E-state index is 12.8. The Balaban J connectivity index is 1.83. The molecule has 0 bridgehead atoms. The second kappa shape index (κ2) is 8.44. The van der Waals surface area contributed by atoms with Gasteiger partial charge in [-0.3, -0.25) is 9.59 Å². The van der Waals surface area contributed by atoms with Crippen LogP contribution in [0, 0.1) is 13.8 Å². The molecular formula is C22H24N2O6. The number of phenolic OH excluding ortho intramolecular Hbond substituents is 1. The average molecular weight is 412 g/mol. The van der Waals surface area contributed by atoms with Crippen molar-refractivity contribution in [2.75, 3.05) is 12.4 Å². The first-order chi connectivity index (χ1) is 14.2. The van der Waals surface area contributed by atoms with Crippen molar-refractivity contribution in [1.82, 2.24) is 4.90 Å². The molecule has 0 aliphatic heterocycles. The molecule has 2 aromatic rings. The van der Waals surface area contributed by atoms with Gasteiger partial charge >= 0.3 is 11.9 Å². The topological polar surface area (TPSA) is 116 Å². The number of benzene rings is 2. The Morgan fingerprint density at radius 1 is 1.10 bits per heavy atom. The van der Waals surface area contributed by atoms with Crippen LogP contribution in [0.3, 0.4) is 0 Å². The Morgan fingerprint density at radius 2 is 1.73 bits per heavy atom. The summed E-state index contributed by atoms with van der Waals surface area (Å²) in [5, 5.41) is 21.2. The number of ether oxygens (including phenoxy) is 1. The number of anilines is 1. The van der Waals surface area contributed by atoms with E-state index in [0.29, 0.717) is 28.3 Å². The molecule has 8 heteroatoms. The van der Waals surface area contributed by atoms with Crippen molar-refractivity contribution >= 4 is 23.5 Å². The number of aryl methyl sites for hydroxylation is 2. The number of rotatable bonds is 5. The molecule has 0 unspecified atom stereocenters. The molecule has 2 aromatic carbocycles. The highest BCUT2D eigenvalue weighted by molar-refractivity contribution is 6.36. The molecule has 0 heterocycles. The summed E-state index contributed by atoms with van der Waals surface area (Å²) in [7, 11) is 1.73. The summed E-state index contributed by atoms with van der Waals surface area (Å²) in [6, 6.07) is 7.88. The summed E-state index contributed by atoms with van der Waals surface area (Å²) >= 11 is 0. The molecule has 0 atom stereocenters. The zero-order valence-electron chi connectivity index (χ0n) is 17.1. The van der Waals surface area contributed by atoms with Gasteiger partial charge in [0.15, 0.2) is 0 Å². The molecule has 8 nitrogen and oxygen atoms in total. The van der Waals surface area contributed by atoms with Crippen molar-refractivity contribution in [2.45, 2.75) is 39.2 Å². The number of carboxylic acids is 1. The number of carboxylic acid groups (broad SMARTS) is 1. The quantitative estimate of drug-likeness (QED) is 0.648. The Bertz CT molecular complexity index is 990. The highest BCUT2D eigenvalue weighted by Crippen LogP contribution is 2.34. The Hall–Kier alpha value is -3.55. The van der Waals surface area contributed by atoms with Gasteiger partial charge in [0.05, 0.1) is 5.56 Å². The number of nitrogens with one attached hydrogen (secondary N) is 1. The third-order valence-corrected chi connectivity index (χ3v) is 5.27. The molecule has 3 rings (SSSR count). The van der Waals surface area contributed by atoms with E-state index in [9.17, 15) is 19.5 Å². The molecule has 0 spiro atoms. The lowest BCUT2D eigenvalue weighted by Gasteiger charge is -2.34. The number of aliphatic carboxylic acids is 1. The van der Waals surface area contributed by atoms with Crippen molar-refractivity contribution in [1.29, 1.82) is 0 Å². The van der Waals surface area contributed by atoms with Gasteiger partial charge in [-0.2, -0.15) is 0 Å². The van der Waals surface area contributed by atoms with Gasteiger partial charge in [0.2, 0.25) is 0 Å². The number of carbonyl (C=O) groups is 3. The minimum atomic E-state index is -1.57. The second-order valence-corrected chi connectivity index (χ2v) is 7.48. The number of hydrogen-bond acceptors (Lipinski definition) is 5. The number of phenols is 1. The van der Waals surface area contributed by atoms with Gasteiger partial charge in [-0.25, -0.2) is 4.79 Å². The van der Waals surface area contributed by atoms with Crippen LogP contribution >= 0.6 is 0 Å². The number of hydrogen-bond donors (Lipinski definition) is 3. The van der Waals surface area contributed by atoms with Crippen LogP contribution in [0.4, 0.5) is 5.69 Å². The first-order valence-corrected chi connectivity index (χ1v) is 9.61. The highest BCUT2D eigenvalue weighted by Gasteiger charge is 2.28. The van der Waals surface area contributed by atoms with Crippen LogP contribution in [-0.2, 0) is 9.59 Å². The van der Waals surface area contributed by atoms with Crippen molar-refractivity contribution in [3.63, 3.8) is 0 Å². The highest BCUT2D eigenvalue weighted by atomic mass is 16.5. The lowest BCUT2D eigenvalue weighted by atomic mass is 9.91. The second-order valence-electron chi connectivity index (χ2n) is 7.48. The van der Waals surface area contributed by atoms with Gasteiger partial charge in [-0.1, -0.05) is 0 Å². The summed E-state index contributed by atoms with van der Waals surface area (Å²) in [5.41, 5.74) is 1.85. The molecule has 158 valence electrons. The van der Waals surface area contributed by atoms with Gasteiger partial charge in [0, 0.05) is 18.8 Å². The Labute approximate surface area is 174 Å². The van der Waals surface area contributed by atoms with Crippen LogP contribution in [0.5, 0.6) is 17.2 Å². The molecule has 0 saturated heterocycles. The van der Waals surface area contributed by atoms with Crippen molar-refractivity contribution in [3.8, 4) is 17.2 Å². The molecule has 30 heavy (non-hydrogen) atoms. The van der Waals surface area contributed by atoms with E-state index >= 15 is 0 Å². The fourth-order valence-electron chi connectivity index (χ4n) is 3.37. The van der Waals surface area contributed by atoms with Gasteiger partial charge in [0.25, 0.3) is 5.91 Å². The largest absolute Gasteiger partial charge is 0.507 e. The van der Waals surface area contributed by atoms with Crippen LogP contribution in [0.25, 0.3) is 0 Å². The first-order valence-electron chi connectivity index (χ1n) is 9.61. The molecule has 2 amide bonds. The van der Waals surface area contributed by atoms with Crippen molar-refractivity contribution in [2.24, 2.45) is 0 Å². The zero-order chi connectivity index (χ0) is 22.0. The third kappa shape index (κ3) is 4.37. The van der Waals surface area contributed by atoms with Crippen LogP contribution in [0.2, 0.25) is 0 Å². The third-order valence-electron chi connectivity index (χ3n) is 5.27. The van der Waals surface area contributed by atoms with Gasteiger partial charge in [0.1, 0.15) is 17.2 Å². The average Bonchev–Trinajstić information content (AvgIpc) is 2.63. The summed E-state index contributed by atoms with van der Waals surface area (Å²) in [5.74, 6) is -2.17. The van der Waals surface area contributed by atoms with Crippen LogP contribution in [0.15, 0.2) is 30.3 Å². The fraction of sp³-hybridized carbons (Fsp3) is 0.318. The first kappa shape index (κ1) is 21.2. The van der Waals surface area contributed by atoms with E-state index in [1.807, 2.05) is 0 Å². The summed E-state index contributed by atoms with van der Waals surface area (Å²) in [6.45, 7) is 3.52. The van der Waals surface area contributed by atoms with E-state index in [4.69, 9.17) is 9.84 Å². The van der Waals surface area contributed by atoms with Crippen LogP contribution in [0.1, 0.15) is 40.7 Å². The van der Waals surface area contributed by atoms with Crippen LogP contribution < -0.4 is 10.1 Å². The molecule has 1 aliphatic carbocycles. The number of amides is 2. The molecule has 1 fully saturated rings. The minimum absolute atomic E-state index is 0.112. The van der Waals surface area contributed by atoms with Gasteiger partial charge in [-0.05, 0) is 74.6 Å². The number of aromatic hydroxyl groups is 1. The van der Waals surface area contributed by atoms with Gasteiger partial charge in [-0.15, -0.1) is 0 Å². The SMILES string of the molecule is Cc1cc(NC(=O)C(=O)O)cc(C)c1Oc1ccc(O)c(C(=O)N(C)C2CCC2)c1. The summed E-state index contributed by atoms with van der Waals surface area (Å²) in [6.07, 6.45) is 3.02. The van der Waals surface area contributed by atoms with E-state index in [1.165, 1.54) is 12.1 Å². The predicted octanol–water partition coefficient (Wildman–Crippen LogP) is 3.45. The Morgan fingerprint density at radius 3 is 2.27 bits per heavy atom. The molecule has 1 saturated carbocycles. The normalized spacial score (nSPS) is 13.3. The molecular weight excluding hydrogens is 388 g/mol. The van der Waals surface area contributed by atoms with Crippen molar-refractivity contribution < 1.29 is 29.3 Å². The lowest BCUT2D eigenvalue weighted by molar-refractivity contribution is -0.147. The summed E-state index contributed by atoms with van der Waals surface area (Å²) in [4.78, 5) is 36.5. The Kier molecular flexibility index (Phi) is 5.96. The molecule has 3 N–H and O–H groups in total. The maximum Gasteiger partial charge on any atom is 0.394 e. The molecule has 0 aromatic heterocycles. The van der Waals surface area contributed by atoms with E-state index < -0.39 is 11.9 Å². The standard InChI is InChI=1S/C22H24N2O6/c1-12-9-14(23-20(26)22(28)29)10-13(2)19(12)30-16-7-8-18(25)17(11-16)21(27)24(3)15-5-4-6-15/h7-11,15,25H,4-6H2,1-3H3,(H,23,26)(H,28,29). The monoisotopic (exact) mass is 412 g/mol. The van der Waals surface area contributed by atoms with E-state index in [1.54, 1.807) is 44.0 Å². The minimum Gasteiger partial charge on any atom is -0.507 e. The zero-order valence-corrected chi connectivity index (χ0v) is 17.1. The molecule has 1 aliphatic rings.